The molecule has 3 nitrogen and oxygen atoms in total. The molecule has 1 aliphatic heterocycles. The molecular weight excluding hydrogens is 238 g/mol. The van der Waals surface area contributed by atoms with Crippen molar-refractivity contribution in [1.29, 1.82) is 0 Å². The maximum Gasteiger partial charge on any atom is 0.143 e. The average Bonchev–Trinajstić information content (AvgIpc) is 2.44. The lowest BCUT2D eigenvalue weighted by molar-refractivity contribution is 0.0573. The van der Waals surface area contributed by atoms with Crippen molar-refractivity contribution in [2.24, 2.45) is 0 Å². The maximum absolute atomic E-state index is 9.69. The van der Waals surface area contributed by atoms with Crippen LogP contribution in [0.3, 0.4) is 0 Å². The Balaban J connectivity index is 2.34. The highest BCUT2D eigenvalue weighted by Crippen LogP contribution is 2.41. The number of nitrogens with zero attached hydrogens (tertiary/aromatic N) is 1. The van der Waals surface area contributed by atoms with Gasteiger partial charge in [-0.05, 0) is 31.4 Å². The second-order valence-corrected chi connectivity index (χ2v) is 5.42. The average molecular weight is 263 g/mol. The molecule has 0 spiro atoms. The number of anilines is 1. The molecule has 106 valence electrons. The van der Waals surface area contributed by atoms with E-state index in [4.69, 9.17) is 4.74 Å². The highest BCUT2D eigenvalue weighted by Gasteiger charge is 2.36. The lowest BCUT2D eigenvalue weighted by atomic mass is 9.93. The van der Waals surface area contributed by atoms with Gasteiger partial charge in [0.15, 0.2) is 0 Å². The number of ether oxygens (including phenoxy) is 1. The summed E-state index contributed by atoms with van der Waals surface area (Å²) >= 11 is 0. The molecule has 0 fully saturated rings. The van der Waals surface area contributed by atoms with Crippen LogP contribution in [0, 0.1) is 0 Å². The van der Waals surface area contributed by atoms with E-state index < -0.39 is 0 Å². The molecule has 1 N–H and O–H groups in total. The van der Waals surface area contributed by atoms with Gasteiger partial charge in [-0.3, -0.25) is 0 Å². The van der Waals surface area contributed by atoms with Gasteiger partial charge in [-0.15, -0.1) is 0 Å². The molecule has 0 radical (unpaired) electrons. The molecule has 0 atom stereocenters. The van der Waals surface area contributed by atoms with Crippen molar-refractivity contribution in [3.05, 3.63) is 18.2 Å². The minimum absolute atomic E-state index is 0.0856. The van der Waals surface area contributed by atoms with Gasteiger partial charge in [0, 0.05) is 12.6 Å². The van der Waals surface area contributed by atoms with Crippen LogP contribution in [0.25, 0.3) is 0 Å². The van der Waals surface area contributed by atoms with Crippen LogP contribution in [-0.4, -0.2) is 23.8 Å². The smallest absolute Gasteiger partial charge is 0.143 e. The summed E-state index contributed by atoms with van der Waals surface area (Å²) in [7, 11) is 0. The summed E-state index contributed by atoms with van der Waals surface area (Å²) in [5.74, 6) is 1.22. The number of phenolic OH excluding ortho intramolecular Hbond substituents is 1. The first-order chi connectivity index (χ1) is 9.14. The Labute approximate surface area is 116 Å². The molecule has 0 aromatic heterocycles. The predicted molar refractivity (Wildman–Crippen MR) is 79.2 cm³/mol. The van der Waals surface area contributed by atoms with Crippen molar-refractivity contribution in [3.8, 4) is 11.5 Å². The van der Waals surface area contributed by atoms with Gasteiger partial charge in [0.2, 0.25) is 0 Å². The molecule has 0 unspecified atom stereocenters. The van der Waals surface area contributed by atoms with Crippen LogP contribution in [-0.2, 0) is 0 Å². The number of benzene rings is 1. The second kappa shape index (κ2) is 5.72. The SMILES string of the molecule is CCCCN1CC(CC)(CC)Oc2ccc(O)cc21. The molecule has 1 aromatic carbocycles. The van der Waals surface area contributed by atoms with Crippen LogP contribution in [0.2, 0.25) is 0 Å². The number of fused-ring (bicyclic) bond motifs is 1. The van der Waals surface area contributed by atoms with Gasteiger partial charge in [-0.2, -0.15) is 0 Å². The lowest BCUT2D eigenvalue weighted by Crippen LogP contribution is -2.50. The number of aromatic hydroxyl groups is 1. The van der Waals surface area contributed by atoms with Crippen LogP contribution in [0.1, 0.15) is 46.5 Å². The number of hydrogen-bond donors (Lipinski definition) is 1. The highest BCUT2D eigenvalue weighted by molar-refractivity contribution is 5.63. The topological polar surface area (TPSA) is 32.7 Å². The van der Waals surface area contributed by atoms with Crippen LogP contribution in [0.4, 0.5) is 5.69 Å². The van der Waals surface area contributed by atoms with Gasteiger partial charge in [0.05, 0.1) is 12.2 Å². The Hall–Kier alpha value is -1.38. The summed E-state index contributed by atoms with van der Waals surface area (Å²) in [5, 5.41) is 9.69. The molecule has 1 heterocycles. The third kappa shape index (κ3) is 2.80. The summed E-state index contributed by atoms with van der Waals surface area (Å²) in [4.78, 5) is 2.37. The van der Waals surface area contributed by atoms with Crippen LogP contribution in [0.15, 0.2) is 18.2 Å². The van der Waals surface area contributed by atoms with Gasteiger partial charge in [-0.25, -0.2) is 0 Å². The Morgan fingerprint density at radius 1 is 1.26 bits per heavy atom. The largest absolute Gasteiger partial charge is 0.508 e. The minimum Gasteiger partial charge on any atom is -0.508 e. The van der Waals surface area contributed by atoms with Gasteiger partial charge in [0.25, 0.3) is 0 Å². The molecule has 19 heavy (non-hydrogen) atoms. The molecular formula is C16H25NO2. The molecule has 0 amide bonds. The first-order valence-corrected chi connectivity index (χ1v) is 7.41. The fourth-order valence-electron chi connectivity index (χ4n) is 2.70. The molecule has 0 saturated heterocycles. The van der Waals surface area contributed by atoms with Crippen LogP contribution in [0.5, 0.6) is 11.5 Å². The Morgan fingerprint density at radius 3 is 2.63 bits per heavy atom. The van der Waals surface area contributed by atoms with Gasteiger partial charge in [-0.1, -0.05) is 27.2 Å². The van der Waals surface area contributed by atoms with Crippen molar-refractivity contribution in [3.63, 3.8) is 0 Å². The monoisotopic (exact) mass is 263 g/mol. The van der Waals surface area contributed by atoms with Gasteiger partial charge < -0.3 is 14.7 Å². The van der Waals surface area contributed by atoms with Gasteiger partial charge in [0.1, 0.15) is 17.1 Å². The number of hydrogen-bond acceptors (Lipinski definition) is 3. The summed E-state index contributed by atoms with van der Waals surface area (Å²) in [6.07, 6.45) is 4.36. The first-order valence-electron chi connectivity index (χ1n) is 7.41. The Kier molecular flexibility index (Phi) is 4.23. The van der Waals surface area contributed by atoms with E-state index in [1.165, 1.54) is 12.8 Å². The summed E-state index contributed by atoms with van der Waals surface area (Å²) in [6.45, 7) is 8.52. The van der Waals surface area contributed by atoms with E-state index in [1.807, 2.05) is 12.1 Å². The first kappa shape index (κ1) is 14.0. The number of phenols is 1. The third-order valence-electron chi connectivity index (χ3n) is 4.16. The molecule has 0 bridgehead atoms. The van der Waals surface area contributed by atoms with Crippen LogP contribution < -0.4 is 9.64 Å². The van der Waals surface area contributed by atoms with E-state index >= 15 is 0 Å². The number of rotatable bonds is 5. The molecule has 3 heteroatoms. The highest BCUT2D eigenvalue weighted by atomic mass is 16.5. The van der Waals surface area contributed by atoms with E-state index in [0.29, 0.717) is 5.75 Å². The van der Waals surface area contributed by atoms with E-state index in [-0.39, 0.29) is 5.60 Å². The Morgan fingerprint density at radius 2 is 2.00 bits per heavy atom. The van der Waals surface area contributed by atoms with E-state index in [9.17, 15) is 5.11 Å². The molecule has 2 rings (SSSR count). The lowest BCUT2D eigenvalue weighted by Gasteiger charge is -2.44. The number of unbranched alkanes of at least 4 members (excludes halogenated alkanes) is 1. The summed E-state index contributed by atoms with van der Waals surface area (Å²) in [5.41, 5.74) is 0.948. The summed E-state index contributed by atoms with van der Waals surface area (Å²) in [6, 6.07) is 5.42. The quantitative estimate of drug-likeness (QED) is 0.873. The fourth-order valence-corrected chi connectivity index (χ4v) is 2.70. The molecule has 1 aromatic rings. The third-order valence-corrected chi connectivity index (χ3v) is 4.16. The van der Waals surface area contributed by atoms with Crippen molar-refractivity contribution in [2.45, 2.75) is 52.1 Å². The summed E-state index contributed by atoms with van der Waals surface area (Å²) < 4.78 is 6.23. The van der Waals surface area contributed by atoms with E-state index in [1.54, 1.807) is 6.07 Å². The predicted octanol–water partition coefficient (Wildman–Crippen LogP) is 3.95. The zero-order valence-electron chi connectivity index (χ0n) is 12.3. The van der Waals surface area contributed by atoms with E-state index in [0.717, 1.165) is 37.4 Å². The zero-order valence-corrected chi connectivity index (χ0v) is 12.3. The van der Waals surface area contributed by atoms with Gasteiger partial charge >= 0.3 is 0 Å². The minimum atomic E-state index is -0.0856. The van der Waals surface area contributed by atoms with Crippen LogP contribution >= 0.6 is 0 Å². The molecule has 0 aliphatic carbocycles. The zero-order chi connectivity index (χ0) is 13.9. The molecule has 0 saturated carbocycles. The Bertz CT molecular complexity index is 427. The second-order valence-electron chi connectivity index (χ2n) is 5.42. The van der Waals surface area contributed by atoms with E-state index in [2.05, 4.69) is 25.7 Å². The van der Waals surface area contributed by atoms with Crippen molar-refractivity contribution in [1.82, 2.24) is 0 Å². The van der Waals surface area contributed by atoms with Crippen molar-refractivity contribution in [2.75, 3.05) is 18.0 Å². The fraction of sp³-hybridized carbons (Fsp3) is 0.625. The maximum atomic E-state index is 9.69. The molecule has 1 aliphatic rings. The van der Waals surface area contributed by atoms with Crippen molar-refractivity contribution >= 4 is 5.69 Å². The standard InChI is InChI=1S/C16H25NO2/c1-4-7-10-17-12-16(5-2,6-3)19-15-9-8-13(18)11-14(15)17/h8-9,11,18H,4-7,10,12H2,1-3H3. The van der Waals surface area contributed by atoms with Crippen molar-refractivity contribution < 1.29 is 9.84 Å². The normalized spacial score (nSPS) is 16.9.